The van der Waals surface area contributed by atoms with E-state index in [1.165, 1.54) is 0 Å². The summed E-state index contributed by atoms with van der Waals surface area (Å²) in [5.74, 6) is -3.88. The minimum Gasteiger partial charge on any atom is -0.460 e. The molecule has 0 radical (unpaired) electrons. The van der Waals surface area contributed by atoms with Gasteiger partial charge in [-0.3, -0.25) is 14.5 Å². The molecule has 1 N–H and O–H groups in total. The molecule has 1 amide bonds. The molecule has 1 aromatic rings. The molecule has 0 bridgehead atoms. The number of ether oxygens (including phenoxy) is 2. The van der Waals surface area contributed by atoms with Crippen LogP contribution in [0.2, 0.25) is 0 Å². The van der Waals surface area contributed by atoms with Gasteiger partial charge in [0.2, 0.25) is 0 Å². The third-order valence-electron chi connectivity index (χ3n) is 6.80. The van der Waals surface area contributed by atoms with Crippen LogP contribution in [0.1, 0.15) is 53.0 Å². The lowest BCUT2D eigenvalue weighted by atomic mass is 9.76. The van der Waals surface area contributed by atoms with Gasteiger partial charge in [0.1, 0.15) is 18.2 Å². The second kappa shape index (κ2) is 10.4. The van der Waals surface area contributed by atoms with Crippen molar-refractivity contribution in [2.24, 2.45) is 5.41 Å². The molecule has 0 aliphatic carbocycles. The van der Waals surface area contributed by atoms with Crippen LogP contribution in [0.15, 0.2) is 30.3 Å². The van der Waals surface area contributed by atoms with E-state index in [-0.39, 0.29) is 32.6 Å². The van der Waals surface area contributed by atoms with E-state index >= 15 is 8.78 Å². The molecule has 196 valence electrons. The predicted octanol–water partition coefficient (Wildman–Crippen LogP) is 3.77. The predicted molar refractivity (Wildman–Crippen MR) is 123 cm³/mol. The molecule has 10 heteroatoms. The lowest BCUT2D eigenvalue weighted by Gasteiger charge is -2.37. The average molecular weight is 499 g/mol. The SMILES string of the molecule is CCC(CC)(C(=O)OCc1ccccc1)C(O)CN1OCC2C1C(F)(F)CN2C(=O)OC(C)(C)C. The van der Waals surface area contributed by atoms with Crippen molar-refractivity contribution in [3.8, 4) is 0 Å². The molecule has 2 heterocycles. The number of esters is 1. The van der Waals surface area contributed by atoms with Crippen molar-refractivity contribution in [2.45, 2.75) is 83.8 Å². The Morgan fingerprint density at radius 2 is 1.83 bits per heavy atom. The molecule has 3 rings (SSSR count). The van der Waals surface area contributed by atoms with Gasteiger partial charge >= 0.3 is 12.1 Å². The van der Waals surface area contributed by atoms with Gasteiger partial charge in [0.05, 0.1) is 37.3 Å². The lowest BCUT2D eigenvalue weighted by Crippen LogP contribution is -2.52. The van der Waals surface area contributed by atoms with Gasteiger partial charge in [0.25, 0.3) is 5.92 Å². The van der Waals surface area contributed by atoms with Crippen LogP contribution in [0.25, 0.3) is 0 Å². The van der Waals surface area contributed by atoms with Crippen LogP contribution in [0.4, 0.5) is 13.6 Å². The molecule has 1 aromatic carbocycles. The molecule has 2 fully saturated rings. The van der Waals surface area contributed by atoms with Crippen molar-refractivity contribution >= 4 is 12.1 Å². The molecule has 0 saturated carbocycles. The van der Waals surface area contributed by atoms with E-state index in [4.69, 9.17) is 14.3 Å². The number of hydrogen-bond donors (Lipinski definition) is 1. The van der Waals surface area contributed by atoms with Gasteiger partial charge in [-0.05, 0) is 39.2 Å². The number of fused-ring (bicyclic) bond motifs is 1. The number of hydrogen-bond acceptors (Lipinski definition) is 7. The minimum atomic E-state index is -3.29. The Morgan fingerprint density at radius 3 is 2.40 bits per heavy atom. The van der Waals surface area contributed by atoms with Crippen LogP contribution in [0.3, 0.4) is 0 Å². The maximum atomic E-state index is 15.0. The number of halogens is 2. The minimum absolute atomic E-state index is 0.0436. The molecule has 0 spiro atoms. The van der Waals surface area contributed by atoms with E-state index in [1.54, 1.807) is 34.6 Å². The monoisotopic (exact) mass is 498 g/mol. The Bertz CT molecular complexity index is 888. The van der Waals surface area contributed by atoms with Gasteiger partial charge in [0.15, 0.2) is 0 Å². The Kier molecular flexibility index (Phi) is 8.08. The van der Waals surface area contributed by atoms with Gasteiger partial charge in [-0.15, -0.1) is 0 Å². The molecular weight excluding hydrogens is 462 g/mol. The molecule has 8 nitrogen and oxygen atoms in total. The zero-order valence-electron chi connectivity index (χ0n) is 21.0. The summed E-state index contributed by atoms with van der Waals surface area (Å²) >= 11 is 0. The van der Waals surface area contributed by atoms with Crippen LogP contribution < -0.4 is 0 Å². The van der Waals surface area contributed by atoms with Crippen molar-refractivity contribution in [1.82, 2.24) is 9.96 Å². The highest BCUT2D eigenvalue weighted by atomic mass is 19.3. The van der Waals surface area contributed by atoms with E-state index in [0.29, 0.717) is 0 Å². The second-order valence-corrected chi connectivity index (χ2v) is 10.2. The molecule has 3 atom stereocenters. The van der Waals surface area contributed by atoms with Gasteiger partial charge in [0, 0.05) is 0 Å². The fraction of sp³-hybridized carbons (Fsp3) is 0.680. The van der Waals surface area contributed by atoms with Crippen LogP contribution in [0.5, 0.6) is 0 Å². The summed E-state index contributed by atoms with van der Waals surface area (Å²) in [5, 5.41) is 12.2. The van der Waals surface area contributed by atoms with E-state index < -0.39 is 53.7 Å². The number of benzene rings is 1. The van der Waals surface area contributed by atoms with Crippen LogP contribution in [-0.2, 0) is 25.7 Å². The van der Waals surface area contributed by atoms with Crippen molar-refractivity contribution < 1.29 is 37.8 Å². The summed E-state index contributed by atoms with van der Waals surface area (Å²) in [6, 6.07) is 6.75. The van der Waals surface area contributed by atoms with E-state index in [9.17, 15) is 14.7 Å². The number of amides is 1. The van der Waals surface area contributed by atoms with Crippen molar-refractivity contribution in [3.63, 3.8) is 0 Å². The second-order valence-electron chi connectivity index (χ2n) is 10.2. The topological polar surface area (TPSA) is 88.5 Å². The zero-order chi connectivity index (χ0) is 26.0. The number of alkyl halides is 2. The maximum absolute atomic E-state index is 15.0. The van der Waals surface area contributed by atoms with Gasteiger partial charge < -0.3 is 14.6 Å². The summed E-state index contributed by atoms with van der Waals surface area (Å²) in [6.07, 6.45) is -1.66. The first-order valence-electron chi connectivity index (χ1n) is 12.0. The standard InChI is InChI=1S/C25H36F2N2O6/c1-6-24(7-2,21(31)33-14-17-11-9-8-10-12-17)19(30)13-29-20-18(15-34-29)28(16-25(20,26)27)22(32)35-23(3,4)5/h8-12,18-20,30H,6-7,13-16H2,1-5H3. The normalized spacial score (nSPS) is 23.1. The van der Waals surface area contributed by atoms with Crippen LogP contribution in [0, 0.1) is 5.41 Å². The van der Waals surface area contributed by atoms with Gasteiger partial charge in [-0.1, -0.05) is 44.2 Å². The van der Waals surface area contributed by atoms with Crippen LogP contribution in [-0.4, -0.2) is 76.5 Å². The summed E-state index contributed by atoms with van der Waals surface area (Å²) in [6.45, 7) is 7.23. The highest BCUT2D eigenvalue weighted by Crippen LogP contribution is 2.42. The third-order valence-corrected chi connectivity index (χ3v) is 6.80. The highest BCUT2D eigenvalue weighted by molar-refractivity contribution is 5.77. The highest BCUT2D eigenvalue weighted by Gasteiger charge is 2.63. The number of aliphatic hydroxyl groups is 1. The Morgan fingerprint density at radius 1 is 1.20 bits per heavy atom. The third kappa shape index (κ3) is 5.76. The first kappa shape index (κ1) is 27.3. The zero-order valence-corrected chi connectivity index (χ0v) is 21.0. The number of hydroxylamine groups is 2. The fourth-order valence-electron chi connectivity index (χ4n) is 4.77. The average Bonchev–Trinajstić information content (AvgIpc) is 3.32. The summed E-state index contributed by atoms with van der Waals surface area (Å²) in [7, 11) is 0. The Labute approximate surface area is 205 Å². The van der Waals surface area contributed by atoms with Gasteiger partial charge in [-0.25, -0.2) is 13.6 Å². The van der Waals surface area contributed by atoms with Crippen molar-refractivity contribution in [3.05, 3.63) is 35.9 Å². The molecule has 2 aliphatic rings. The van der Waals surface area contributed by atoms with E-state index in [0.717, 1.165) is 15.5 Å². The number of carbonyl (C=O) groups is 2. The molecule has 0 aromatic heterocycles. The first-order valence-corrected chi connectivity index (χ1v) is 12.0. The molecule has 2 aliphatic heterocycles. The van der Waals surface area contributed by atoms with Crippen LogP contribution >= 0.6 is 0 Å². The largest absolute Gasteiger partial charge is 0.460 e. The summed E-state index contributed by atoms with van der Waals surface area (Å²) in [5.41, 5.74) is -1.33. The van der Waals surface area contributed by atoms with Gasteiger partial charge in [-0.2, -0.15) is 5.06 Å². The fourth-order valence-corrected chi connectivity index (χ4v) is 4.77. The smallest absolute Gasteiger partial charge is 0.410 e. The molecule has 2 saturated heterocycles. The first-order chi connectivity index (χ1) is 16.3. The quantitative estimate of drug-likeness (QED) is 0.546. The van der Waals surface area contributed by atoms with E-state index in [1.807, 2.05) is 30.3 Å². The number of β-amino-alcohol motifs (C(OH)–C–C–N with tert-alkyl or cyclic N) is 1. The summed E-state index contributed by atoms with van der Waals surface area (Å²) in [4.78, 5) is 32.1. The Hall–Kier alpha value is -2.30. The molecule has 3 unspecified atom stereocenters. The maximum Gasteiger partial charge on any atom is 0.410 e. The number of likely N-dealkylation sites (tertiary alicyclic amines) is 1. The summed E-state index contributed by atoms with van der Waals surface area (Å²) < 4.78 is 40.9. The lowest BCUT2D eigenvalue weighted by molar-refractivity contribution is -0.206. The molecular formula is C25H36F2N2O6. The Balaban J connectivity index is 1.72. The van der Waals surface area contributed by atoms with Crippen molar-refractivity contribution in [2.75, 3.05) is 19.7 Å². The number of aliphatic hydroxyl groups excluding tert-OH is 1. The number of nitrogens with zero attached hydrogens (tertiary/aromatic N) is 2. The van der Waals surface area contributed by atoms with E-state index in [2.05, 4.69) is 0 Å². The molecule has 35 heavy (non-hydrogen) atoms. The number of carbonyl (C=O) groups excluding carboxylic acids is 2. The number of rotatable bonds is 8. The van der Waals surface area contributed by atoms with Crippen molar-refractivity contribution in [1.29, 1.82) is 0 Å².